The zero-order valence-corrected chi connectivity index (χ0v) is 20.7. The summed E-state index contributed by atoms with van der Waals surface area (Å²) in [6, 6.07) is 22.2. The van der Waals surface area contributed by atoms with Crippen LogP contribution in [0.2, 0.25) is 5.02 Å². The first kappa shape index (κ1) is 25.2. The molecule has 0 unspecified atom stereocenters. The maximum Gasteiger partial charge on any atom is 0.328 e. The zero-order valence-electron chi connectivity index (χ0n) is 20.0. The van der Waals surface area contributed by atoms with Crippen molar-refractivity contribution in [3.63, 3.8) is 0 Å². The number of carbonyl (C=O) groups is 2. The second-order valence-electron chi connectivity index (χ2n) is 8.30. The summed E-state index contributed by atoms with van der Waals surface area (Å²) in [7, 11) is 1.54. The number of carbonyl (C=O) groups excluding carboxylic acids is 2. The van der Waals surface area contributed by atoms with Gasteiger partial charge in [-0.2, -0.15) is 0 Å². The minimum atomic E-state index is -1.02. The molecule has 0 fully saturated rings. The fourth-order valence-corrected chi connectivity index (χ4v) is 4.38. The molecule has 0 aliphatic rings. The van der Waals surface area contributed by atoms with Crippen molar-refractivity contribution in [1.29, 1.82) is 0 Å². The molecule has 0 spiro atoms. The highest BCUT2D eigenvalue weighted by atomic mass is 35.5. The number of fused-ring (bicyclic) bond motifs is 1. The third-order valence-corrected chi connectivity index (χ3v) is 6.29. The number of esters is 1. The van der Waals surface area contributed by atoms with Crippen LogP contribution in [0.5, 0.6) is 5.75 Å². The largest absolute Gasteiger partial charge is 0.424 e. The summed E-state index contributed by atoms with van der Waals surface area (Å²) >= 11 is 6.52. The summed E-state index contributed by atoms with van der Waals surface area (Å²) in [4.78, 5) is 41.9. The molecule has 8 heteroatoms. The smallest absolute Gasteiger partial charge is 0.328 e. The van der Waals surface area contributed by atoms with Crippen LogP contribution >= 0.6 is 11.6 Å². The van der Waals surface area contributed by atoms with Crippen LogP contribution < -0.4 is 20.9 Å². The molecule has 7 nitrogen and oxygen atoms in total. The number of nitrogens with zero attached hydrogens (tertiary/aromatic N) is 2. The van der Waals surface area contributed by atoms with Crippen LogP contribution in [0.3, 0.4) is 0 Å². The molecule has 0 saturated heterocycles. The van der Waals surface area contributed by atoms with Crippen LogP contribution in [0.25, 0.3) is 10.9 Å². The van der Waals surface area contributed by atoms with Gasteiger partial charge in [-0.1, -0.05) is 66.2 Å². The fourth-order valence-electron chi connectivity index (χ4n) is 4.12. The van der Waals surface area contributed by atoms with E-state index in [-0.39, 0.29) is 34.7 Å². The Morgan fingerprint density at radius 1 is 1.00 bits per heavy atom. The molecule has 0 saturated carbocycles. The number of para-hydroxylation sites is 1. The van der Waals surface area contributed by atoms with Gasteiger partial charge in [-0.05, 0) is 43.2 Å². The first-order valence-corrected chi connectivity index (χ1v) is 11.9. The van der Waals surface area contributed by atoms with E-state index in [2.05, 4.69) is 0 Å². The van der Waals surface area contributed by atoms with Crippen molar-refractivity contribution in [1.82, 2.24) is 4.57 Å². The summed E-state index contributed by atoms with van der Waals surface area (Å²) < 4.78 is 7.08. The number of benzene rings is 3. The molecule has 1 atom stereocenters. The van der Waals surface area contributed by atoms with Gasteiger partial charge in [-0.3, -0.25) is 9.59 Å². The first-order chi connectivity index (χ1) is 17.3. The number of aryl methyl sites for hydroxylation is 1. The summed E-state index contributed by atoms with van der Waals surface area (Å²) in [5.74, 6) is -1.57. The standard InChI is InChI=1S/C28H26ClN3O4/c1-3-32(19-13-8-5-9-14-19)27(34)24-25(23-20(29)15-10-16-22(23)31(2)26(24)33)36-28(35)21(30)17-18-11-6-4-7-12-18/h4-16,21H,3,17,30H2,1-2H3/t21-/m0/s1. The van der Waals surface area contributed by atoms with Crippen LogP contribution in [0.1, 0.15) is 22.8 Å². The number of pyridine rings is 1. The zero-order chi connectivity index (χ0) is 25.8. The third-order valence-electron chi connectivity index (χ3n) is 5.97. The molecule has 4 rings (SSSR count). The van der Waals surface area contributed by atoms with Crippen molar-refractivity contribution in [2.24, 2.45) is 12.8 Å². The van der Waals surface area contributed by atoms with E-state index in [0.717, 1.165) is 5.56 Å². The van der Waals surface area contributed by atoms with Gasteiger partial charge in [0.05, 0.1) is 15.9 Å². The third kappa shape index (κ3) is 4.89. The van der Waals surface area contributed by atoms with E-state index >= 15 is 0 Å². The normalized spacial score (nSPS) is 11.8. The molecular formula is C28H26ClN3O4. The second-order valence-corrected chi connectivity index (χ2v) is 8.71. The average molecular weight is 504 g/mol. The van der Waals surface area contributed by atoms with Crippen LogP contribution in [-0.4, -0.2) is 29.0 Å². The highest BCUT2D eigenvalue weighted by molar-refractivity contribution is 6.36. The minimum absolute atomic E-state index is 0.188. The first-order valence-electron chi connectivity index (χ1n) is 11.5. The molecule has 1 heterocycles. The van der Waals surface area contributed by atoms with Gasteiger partial charge < -0.3 is 19.9 Å². The number of halogens is 1. The molecule has 4 aromatic rings. The van der Waals surface area contributed by atoms with E-state index in [1.165, 1.54) is 9.47 Å². The molecule has 1 aromatic heterocycles. The van der Waals surface area contributed by atoms with E-state index in [9.17, 15) is 14.4 Å². The summed E-state index contributed by atoms with van der Waals surface area (Å²) in [6.07, 6.45) is 0.227. The van der Waals surface area contributed by atoms with Crippen molar-refractivity contribution >= 4 is 40.1 Å². The highest BCUT2D eigenvalue weighted by Gasteiger charge is 2.30. The molecule has 0 bridgehead atoms. The molecule has 184 valence electrons. The van der Waals surface area contributed by atoms with Gasteiger partial charge in [0.2, 0.25) is 0 Å². The van der Waals surface area contributed by atoms with E-state index in [1.807, 2.05) is 36.4 Å². The van der Waals surface area contributed by atoms with Crippen molar-refractivity contribution in [2.45, 2.75) is 19.4 Å². The van der Waals surface area contributed by atoms with Crippen molar-refractivity contribution < 1.29 is 14.3 Å². The number of hydrogen-bond donors (Lipinski definition) is 1. The van der Waals surface area contributed by atoms with Gasteiger partial charge in [-0.25, -0.2) is 4.79 Å². The number of hydrogen-bond acceptors (Lipinski definition) is 5. The Kier molecular flexibility index (Phi) is 7.52. The van der Waals surface area contributed by atoms with Gasteiger partial charge in [0, 0.05) is 19.3 Å². The monoisotopic (exact) mass is 503 g/mol. The Balaban J connectivity index is 1.85. The SMILES string of the molecule is CCN(C(=O)c1c(OC(=O)[C@@H](N)Cc2ccccc2)c2c(Cl)cccc2n(C)c1=O)c1ccccc1. The predicted octanol–water partition coefficient (Wildman–Crippen LogP) is 4.33. The lowest BCUT2D eigenvalue weighted by Gasteiger charge is -2.23. The number of ether oxygens (including phenoxy) is 1. The van der Waals surface area contributed by atoms with E-state index < -0.39 is 23.5 Å². The molecule has 2 N–H and O–H groups in total. The topological polar surface area (TPSA) is 94.6 Å². The summed E-state index contributed by atoms with van der Waals surface area (Å²) in [5.41, 5.74) is 7.15. The molecule has 36 heavy (non-hydrogen) atoms. The average Bonchev–Trinajstić information content (AvgIpc) is 2.88. The lowest BCUT2D eigenvalue weighted by atomic mass is 10.1. The fraction of sp³-hybridized carbons (Fsp3) is 0.179. The van der Waals surface area contributed by atoms with Gasteiger partial charge >= 0.3 is 5.97 Å². The maximum atomic E-state index is 13.8. The second kappa shape index (κ2) is 10.8. The Hall–Kier alpha value is -3.94. The number of nitrogens with two attached hydrogens (primary N) is 1. The van der Waals surface area contributed by atoms with Crippen LogP contribution in [0.4, 0.5) is 5.69 Å². The molecular weight excluding hydrogens is 478 g/mol. The van der Waals surface area contributed by atoms with Gasteiger partial charge in [0.25, 0.3) is 11.5 Å². The van der Waals surface area contributed by atoms with Crippen LogP contribution in [0.15, 0.2) is 83.7 Å². The lowest BCUT2D eigenvalue weighted by Crippen LogP contribution is -2.40. The number of amides is 1. The van der Waals surface area contributed by atoms with Crippen molar-refractivity contribution in [3.05, 3.63) is 105 Å². The quantitative estimate of drug-likeness (QED) is 0.379. The minimum Gasteiger partial charge on any atom is -0.424 e. The van der Waals surface area contributed by atoms with Gasteiger partial charge in [-0.15, -0.1) is 0 Å². The van der Waals surface area contributed by atoms with Crippen molar-refractivity contribution in [2.75, 3.05) is 11.4 Å². The molecule has 0 aliphatic heterocycles. The highest BCUT2D eigenvalue weighted by Crippen LogP contribution is 2.35. The number of rotatable bonds is 7. The Labute approximate surface area is 213 Å². The lowest BCUT2D eigenvalue weighted by molar-refractivity contribution is -0.135. The van der Waals surface area contributed by atoms with E-state index in [1.54, 1.807) is 56.4 Å². The Morgan fingerprint density at radius 3 is 2.28 bits per heavy atom. The van der Waals surface area contributed by atoms with Gasteiger partial charge in [0.15, 0.2) is 5.75 Å². The molecule has 0 radical (unpaired) electrons. The van der Waals surface area contributed by atoms with Crippen LogP contribution in [0, 0.1) is 0 Å². The van der Waals surface area contributed by atoms with E-state index in [4.69, 9.17) is 22.1 Å². The van der Waals surface area contributed by atoms with Gasteiger partial charge in [0.1, 0.15) is 11.6 Å². The van der Waals surface area contributed by atoms with E-state index in [0.29, 0.717) is 11.2 Å². The van der Waals surface area contributed by atoms with Crippen LogP contribution in [-0.2, 0) is 18.3 Å². The number of aromatic nitrogens is 1. The molecule has 1 amide bonds. The Morgan fingerprint density at radius 2 is 1.64 bits per heavy atom. The Bertz CT molecular complexity index is 1470. The maximum absolute atomic E-state index is 13.8. The van der Waals surface area contributed by atoms with Crippen molar-refractivity contribution in [3.8, 4) is 5.75 Å². The summed E-state index contributed by atoms with van der Waals surface area (Å²) in [6.45, 7) is 2.08. The molecule has 3 aromatic carbocycles. The summed E-state index contributed by atoms with van der Waals surface area (Å²) in [5, 5.41) is 0.522. The molecule has 0 aliphatic carbocycles. The predicted molar refractivity (Wildman–Crippen MR) is 142 cm³/mol. The number of anilines is 1.